The largest absolute Gasteiger partial charge is 0.478 e. The van der Waals surface area contributed by atoms with E-state index in [9.17, 15) is 9.90 Å². The summed E-state index contributed by atoms with van der Waals surface area (Å²) in [5.74, 6) is -0.451. The number of aliphatic carboxylic acids is 1. The molecule has 0 aliphatic heterocycles. The van der Waals surface area contributed by atoms with Gasteiger partial charge >= 0.3 is 5.97 Å². The molecule has 1 unspecified atom stereocenters. The van der Waals surface area contributed by atoms with E-state index in [1.54, 1.807) is 36.4 Å². The molecule has 0 radical (unpaired) electrons. The van der Waals surface area contributed by atoms with Crippen LogP contribution in [0.3, 0.4) is 0 Å². The molecule has 2 rings (SSSR count). The number of hydrogen-bond acceptors (Lipinski definition) is 2. The Bertz CT molecular complexity index is 596. The number of aryl methyl sites for hydroxylation is 1. The fourth-order valence-corrected chi connectivity index (χ4v) is 2.10. The second-order valence-corrected chi connectivity index (χ2v) is 4.97. The molecular formula is C16H15ClO3. The molecule has 0 spiro atoms. The second kappa shape index (κ2) is 6.44. The van der Waals surface area contributed by atoms with Crippen LogP contribution >= 0.6 is 11.6 Å². The molecule has 3 nitrogen and oxygen atoms in total. The van der Waals surface area contributed by atoms with E-state index in [1.807, 2.05) is 19.1 Å². The van der Waals surface area contributed by atoms with E-state index in [-0.39, 0.29) is 6.42 Å². The fraction of sp³-hybridized carbons (Fsp3) is 0.188. The summed E-state index contributed by atoms with van der Waals surface area (Å²) in [6.07, 6.45) is -0.661. The maximum Gasteiger partial charge on any atom is 0.345 e. The van der Waals surface area contributed by atoms with Gasteiger partial charge in [0, 0.05) is 11.4 Å². The van der Waals surface area contributed by atoms with Crippen molar-refractivity contribution in [2.24, 2.45) is 0 Å². The van der Waals surface area contributed by atoms with Crippen molar-refractivity contribution < 1.29 is 14.6 Å². The van der Waals surface area contributed by atoms with Gasteiger partial charge in [0.15, 0.2) is 6.10 Å². The molecule has 0 aromatic heterocycles. The minimum Gasteiger partial charge on any atom is -0.478 e. The predicted molar refractivity (Wildman–Crippen MR) is 78.4 cm³/mol. The lowest BCUT2D eigenvalue weighted by Gasteiger charge is -2.16. The van der Waals surface area contributed by atoms with Crippen LogP contribution in [0.1, 0.15) is 11.1 Å². The van der Waals surface area contributed by atoms with Crippen molar-refractivity contribution in [2.45, 2.75) is 19.4 Å². The van der Waals surface area contributed by atoms with Gasteiger partial charge in [0.2, 0.25) is 0 Å². The maximum atomic E-state index is 11.3. The molecule has 2 aromatic carbocycles. The first-order valence-corrected chi connectivity index (χ1v) is 6.63. The molecule has 104 valence electrons. The van der Waals surface area contributed by atoms with Gasteiger partial charge < -0.3 is 9.84 Å². The number of carbonyl (C=O) groups is 1. The number of hydrogen-bond donors (Lipinski definition) is 1. The Labute approximate surface area is 122 Å². The molecule has 0 saturated carbocycles. The molecule has 0 fully saturated rings. The third-order valence-corrected chi connectivity index (χ3v) is 3.25. The van der Waals surface area contributed by atoms with E-state index in [0.717, 1.165) is 11.1 Å². The van der Waals surface area contributed by atoms with Crippen molar-refractivity contribution in [1.29, 1.82) is 0 Å². The fourth-order valence-electron chi connectivity index (χ4n) is 1.90. The number of benzene rings is 2. The van der Waals surface area contributed by atoms with E-state index in [4.69, 9.17) is 16.3 Å². The van der Waals surface area contributed by atoms with Crippen molar-refractivity contribution >= 4 is 17.6 Å². The van der Waals surface area contributed by atoms with Crippen molar-refractivity contribution in [3.05, 3.63) is 64.7 Å². The van der Waals surface area contributed by atoms with Gasteiger partial charge in [0.05, 0.1) is 0 Å². The monoisotopic (exact) mass is 290 g/mol. The smallest absolute Gasteiger partial charge is 0.345 e. The van der Waals surface area contributed by atoms with Crippen LogP contribution in [-0.4, -0.2) is 17.2 Å². The highest BCUT2D eigenvalue weighted by Gasteiger charge is 2.21. The molecule has 20 heavy (non-hydrogen) atoms. The topological polar surface area (TPSA) is 46.5 Å². The van der Waals surface area contributed by atoms with Gasteiger partial charge in [-0.15, -0.1) is 0 Å². The zero-order chi connectivity index (χ0) is 14.5. The van der Waals surface area contributed by atoms with Crippen LogP contribution in [-0.2, 0) is 11.2 Å². The van der Waals surface area contributed by atoms with Crippen molar-refractivity contribution in [3.63, 3.8) is 0 Å². The first-order chi connectivity index (χ1) is 9.56. The van der Waals surface area contributed by atoms with E-state index in [2.05, 4.69) is 0 Å². The maximum absolute atomic E-state index is 11.3. The van der Waals surface area contributed by atoms with Crippen LogP contribution in [0, 0.1) is 6.92 Å². The van der Waals surface area contributed by atoms with Gasteiger partial charge in [0.1, 0.15) is 5.75 Å². The van der Waals surface area contributed by atoms with E-state index >= 15 is 0 Å². The Kier molecular flexibility index (Phi) is 4.64. The van der Waals surface area contributed by atoms with Crippen molar-refractivity contribution in [1.82, 2.24) is 0 Å². The molecular weight excluding hydrogens is 276 g/mol. The summed E-state index contributed by atoms with van der Waals surface area (Å²) in [7, 11) is 0. The number of halogens is 1. The third-order valence-electron chi connectivity index (χ3n) is 3.01. The van der Waals surface area contributed by atoms with Gasteiger partial charge in [-0.2, -0.15) is 0 Å². The zero-order valence-electron chi connectivity index (χ0n) is 11.0. The highest BCUT2D eigenvalue weighted by molar-refractivity contribution is 6.30. The lowest BCUT2D eigenvalue weighted by molar-refractivity contribution is -0.145. The number of para-hydroxylation sites is 1. The van der Waals surface area contributed by atoms with Crippen LogP contribution in [0.25, 0.3) is 0 Å². The van der Waals surface area contributed by atoms with E-state index in [0.29, 0.717) is 10.8 Å². The molecule has 4 heteroatoms. The predicted octanol–water partition coefficient (Wildman–Crippen LogP) is 3.72. The first-order valence-electron chi connectivity index (χ1n) is 6.26. The zero-order valence-corrected chi connectivity index (χ0v) is 11.8. The molecule has 0 amide bonds. The normalized spacial score (nSPS) is 11.9. The highest BCUT2D eigenvalue weighted by Crippen LogP contribution is 2.19. The Morgan fingerprint density at radius 1 is 1.25 bits per heavy atom. The summed E-state index contributed by atoms with van der Waals surface area (Å²) < 4.78 is 5.53. The molecule has 0 aliphatic rings. The summed E-state index contributed by atoms with van der Waals surface area (Å²) in [5, 5.41) is 9.89. The molecule has 2 aromatic rings. The number of ether oxygens (including phenoxy) is 1. The summed E-state index contributed by atoms with van der Waals surface area (Å²) in [4.78, 5) is 11.3. The highest BCUT2D eigenvalue weighted by atomic mass is 35.5. The number of rotatable bonds is 5. The summed E-state index contributed by atoms with van der Waals surface area (Å²) in [5.41, 5.74) is 1.87. The lowest BCUT2D eigenvalue weighted by atomic mass is 10.0. The van der Waals surface area contributed by atoms with Gasteiger partial charge in [-0.3, -0.25) is 0 Å². The van der Waals surface area contributed by atoms with Gasteiger partial charge in [-0.05, 0) is 42.3 Å². The van der Waals surface area contributed by atoms with Crippen molar-refractivity contribution in [3.8, 4) is 5.75 Å². The minimum absolute atomic E-state index is 0.274. The second-order valence-electron chi connectivity index (χ2n) is 4.53. The Morgan fingerprint density at radius 2 is 1.95 bits per heavy atom. The molecule has 0 saturated heterocycles. The molecule has 1 atom stereocenters. The van der Waals surface area contributed by atoms with Gasteiger partial charge in [0.25, 0.3) is 0 Å². The molecule has 0 bridgehead atoms. The van der Waals surface area contributed by atoms with Crippen LogP contribution < -0.4 is 4.74 Å². The lowest BCUT2D eigenvalue weighted by Crippen LogP contribution is -2.29. The summed E-state index contributed by atoms with van der Waals surface area (Å²) in [6.45, 7) is 1.92. The average Bonchev–Trinajstić information content (AvgIpc) is 2.43. The van der Waals surface area contributed by atoms with E-state index in [1.165, 1.54) is 0 Å². The Hall–Kier alpha value is -2.00. The molecule has 1 N–H and O–H groups in total. The SMILES string of the molecule is Cc1ccc(Cl)cc1CC(Oc1ccccc1)C(=O)O. The van der Waals surface area contributed by atoms with E-state index < -0.39 is 12.1 Å². The third kappa shape index (κ3) is 3.75. The van der Waals surface area contributed by atoms with Crippen LogP contribution in [0.5, 0.6) is 5.75 Å². The first kappa shape index (κ1) is 14.4. The number of carboxylic acids is 1. The molecule has 0 aliphatic carbocycles. The van der Waals surface area contributed by atoms with Crippen LogP contribution in [0.2, 0.25) is 5.02 Å². The van der Waals surface area contributed by atoms with Crippen molar-refractivity contribution in [2.75, 3.05) is 0 Å². The summed E-state index contributed by atoms with van der Waals surface area (Å²) in [6, 6.07) is 14.4. The Morgan fingerprint density at radius 3 is 2.60 bits per heavy atom. The van der Waals surface area contributed by atoms with Gasteiger partial charge in [-0.25, -0.2) is 4.79 Å². The number of carboxylic acid groups (broad SMARTS) is 1. The van der Waals surface area contributed by atoms with Crippen LogP contribution in [0.4, 0.5) is 0 Å². The Balaban J connectivity index is 2.18. The standard InChI is InChI=1S/C16H15ClO3/c1-11-7-8-13(17)9-12(11)10-15(16(18)19)20-14-5-3-2-4-6-14/h2-9,15H,10H2,1H3,(H,18,19). The minimum atomic E-state index is -0.992. The van der Waals surface area contributed by atoms with Gasteiger partial charge in [-0.1, -0.05) is 35.9 Å². The average molecular weight is 291 g/mol. The van der Waals surface area contributed by atoms with Crippen LogP contribution in [0.15, 0.2) is 48.5 Å². The summed E-state index contributed by atoms with van der Waals surface area (Å²) >= 11 is 5.95. The quantitative estimate of drug-likeness (QED) is 0.913. The molecule has 0 heterocycles.